The number of aromatic nitrogens is 4. The summed E-state index contributed by atoms with van der Waals surface area (Å²) in [5, 5.41) is 6.40. The Balaban J connectivity index is 0.000000187. The van der Waals surface area contributed by atoms with Crippen LogP contribution in [0.5, 0.6) is 0 Å². The Morgan fingerprint density at radius 1 is 0.684 bits per heavy atom. The van der Waals surface area contributed by atoms with Crippen LogP contribution in [-0.2, 0) is 0 Å². The van der Waals surface area contributed by atoms with Crippen molar-refractivity contribution in [1.82, 2.24) is 20.3 Å². The van der Waals surface area contributed by atoms with Gasteiger partial charge < -0.3 is 4.52 Å². The van der Waals surface area contributed by atoms with Gasteiger partial charge in [-0.3, -0.25) is 0 Å². The molecule has 0 aliphatic carbocycles. The molecular formula is C14H10N4O. The Bertz CT molecular complexity index is 661. The van der Waals surface area contributed by atoms with E-state index in [1.54, 1.807) is 0 Å². The molecule has 4 rings (SSSR count). The molecule has 0 radical (unpaired) electrons. The van der Waals surface area contributed by atoms with Gasteiger partial charge in [-0.25, -0.2) is 9.97 Å². The number of benzene rings is 2. The van der Waals surface area contributed by atoms with Crippen molar-refractivity contribution in [3.8, 4) is 0 Å². The molecule has 0 spiro atoms. The molecule has 0 saturated carbocycles. The third kappa shape index (κ3) is 2.55. The van der Waals surface area contributed by atoms with Gasteiger partial charge in [0.05, 0.1) is 28.3 Å². The molecule has 0 bridgehead atoms. The maximum absolute atomic E-state index is 4.52. The van der Waals surface area contributed by atoms with Crippen LogP contribution in [0.25, 0.3) is 22.1 Å². The summed E-state index contributed by atoms with van der Waals surface area (Å²) in [6.07, 6.45) is 2.88. The summed E-state index contributed by atoms with van der Waals surface area (Å²) in [4.78, 5) is 9.03. The summed E-state index contributed by atoms with van der Waals surface area (Å²) in [6, 6.07) is 15.8. The highest BCUT2D eigenvalue weighted by Crippen LogP contribution is 2.14. The molecule has 0 N–H and O–H groups in total. The van der Waals surface area contributed by atoms with Crippen molar-refractivity contribution in [3.63, 3.8) is 0 Å². The standard InChI is InChI=1S/C12H8N2.C2H2N2O/c1-2-6-10-9(5-1)13-11-7-3-4-8-12(11)14-10;1-2-5-4-3-1/h1-8H;1-2H. The molecule has 0 atom stereocenters. The van der Waals surface area contributed by atoms with E-state index in [2.05, 4.69) is 24.9 Å². The summed E-state index contributed by atoms with van der Waals surface area (Å²) in [5.74, 6) is 0. The van der Waals surface area contributed by atoms with Crippen LogP contribution in [0.2, 0.25) is 0 Å². The highest BCUT2D eigenvalue weighted by molar-refractivity contribution is 5.85. The number of hydrogen-bond acceptors (Lipinski definition) is 5. The summed E-state index contributed by atoms with van der Waals surface area (Å²) in [5.41, 5.74) is 3.80. The molecular weight excluding hydrogens is 240 g/mol. The van der Waals surface area contributed by atoms with Crippen LogP contribution in [0, 0.1) is 0 Å². The second kappa shape index (κ2) is 5.22. The molecule has 5 nitrogen and oxygen atoms in total. The van der Waals surface area contributed by atoms with Crippen LogP contribution < -0.4 is 0 Å². The van der Waals surface area contributed by atoms with E-state index in [9.17, 15) is 0 Å². The fourth-order valence-corrected chi connectivity index (χ4v) is 1.70. The molecule has 92 valence electrons. The minimum absolute atomic E-state index is 0.950. The molecule has 0 unspecified atom stereocenters. The normalized spacial score (nSPS) is 10.1. The second-order valence-corrected chi connectivity index (χ2v) is 3.79. The van der Waals surface area contributed by atoms with Crippen molar-refractivity contribution in [1.29, 1.82) is 0 Å². The smallest absolute Gasteiger partial charge is 0.144 e. The summed E-state index contributed by atoms with van der Waals surface area (Å²) in [6.45, 7) is 0. The molecule has 19 heavy (non-hydrogen) atoms. The molecule has 0 amide bonds. The van der Waals surface area contributed by atoms with E-state index in [1.807, 2.05) is 48.5 Å². The summed E-state index contributed by atoms with van der Waals surface area (Å²) in [7, 11) is 0. The quantitative estimate of drug-likeness (QED) is 0.449. The molecule has 2 aromatic heterocycles. The van der Waals surface area contributed by atoms with Gasteiger partial charge in [0.1, 0.15) is 6.26 Å². The summed E-state index contributed by atoms with van der Waals surface area (Å²) >= 11 is 0. The summed E-state index contributed by atoms with van der Waals surface area (Å²) < 4.78 is 4.22. The van der Waals surface area contributed by atoms with Crippen molar-refractivity contribution >= 4 is 22.1 Å². The fourth-order valence-electron chi connectivity index (χ4n) is 1.70. The van der Waals surface area contributed by atoms with E-state index in [0.717, 1.165) is 22.1 Å². The number of rotatable bonds is 0. The Morgan fingerprint density at radius 2 is 1.16 bits per heavy atom. The predicted molar refractivity (Wildman–Crippen MR) is 71.3 cm³/mol. The Morgan fingerprint density at radius 3 is 1.42 bits per heavy atom. The zero-order valence-corrected chi connectivity index (χ0v) is 9.97. The van der Waals surface area contributed by atoms with Gasteiger partial charge in [0, 0.05) is 5.27 Å². The van der Waals surface area contributed by atoms with E-state index in [1.165, 1.54) is 12.5 Å². The molecule has 0 aliphatic heterocycles. The lowest BCUT2D eigenvalue weighted by molar-refractivity contribution is 0.393. The first-order valence-electron chi connectivity index (χ1n) is 5.76. The van der Waals surface area contributed by atoms with E-state index in [-0.39, 0.29) is 0 Å². The number of para-hydroxylation sites is 4. The predicted octanol–water partition coefficient (Wildman–Crippen LogP) is 2.85. The third-order valence-corrected chi connectivity index (χ3v) is 2.53. The Labute approximate surface area is 108 Å². The minimum Gasteiger partial charge on any atom is -0.346 e. The fraction of sp³-hybridized carbons (Fsp3) is 0. The monoisotopic (exact) mass is 250 g/mol. The van der Waals surface area contributed by atoms with Crippen molar-refractivity contribution in [3.05, 3.63) is 61.0 Å². The molecule has 2 aromatic carbocycles. The van der Waals surface area contributed by atoms with Gasteiger partial charge in [-0.05, 0) is 24.3 Å². The SMILES string of the molecule is c1ccc2nc3ccccc3nc2c1.c1conn1. The van der Waals surface area contributed by atoms with Gasteiger partial charge in [-0.15, -0.1) is 5.10 Å². The van der Waals surface area contributed by atoms with Crippen LogP contribution in [0.4, 0.5) is 0 Å². The molecule has 0 aliphatic rings. The molecule has 0 saturated heterocycles. The van der Waals surface area contributed by atoms with Crippen molar-refractivity contribution in [2.24, 2.45) is 0 Å². The molecule has 4 aromatic rings. The number of nitrogens with zero attached hydrogens (tertiary/aromatic N) is 4. The zero-order valence-electron chi connectivity index (χ0n) is 9.97. The van der Waals surface area contributed by atoms with E-state index >= 15 is 0 Å². The maximum Gasteiger partial charge on any atom is 0.144 e. The van der Waals surface area contributed by atoms with E-state index in [4.69, 9.17) is 0 Å². The van der Waals surface area contributed by atoms with E-state index in [0.29, 0.717) is 0 Å². The molecule has 2 heterocycles. The van der Waals surface area contributed by atoms with Gasteiger partial charge >= 0.3 is 0 Å². The molecule has 5 heteroatoms. The lowest BCUT2D eigenvalue weighted by Gasteiger charge is -1.98. The average molecular weight is 250 g/mol. The van der Waals surface area contributed by atoms with Crippen molar-refractivity contribution in [2.75, 3.05) is 0 Å². The van der Waals surface area contributed by atoms with Crippen LogP contribution in [0.3, 0.4) is 0 Å². The lowest BCUT2D eigenvalue weighted by atomic mass is 10.2. The number of hydrogen-bond donors (Lipinski definition) is 0. The molecule has 0 fully saturated rings. The van der Waals surface area contributed by atoms with Gasteiger partial charge in [0.2, 0.25) is 0 Å². The Hall–Kier alpha value is -2.82. The zero-order chi connectivity index (χ0) is 12.9. The first-order chi connectivity index (χ1) is 9.43. The lowest BCUT2D eigenvalue weighted by Crippen LogP contribution is -1.85. The van der Waals surface area contributed by atoms with Gasteiger partial charge in [-0.2, -0.15) is 0 Å². The highest BCUT2D eigenvalue weighted by atomic mass is 16.5. The second-order valence-electron chi connectivity index (χ2n) is 3.79. The van der Waals surface area contributed by atoms with Gasteiger partial charge in [0.15, 0.2) is 0 Å². The van der Waals surface area contributed by atoms with Crippen LogP contribution in [0.1, 0.15) is 0 Å². The highest BCUT2D eigenvalue weighted by Gasteiger charge is 1.98. The van der Waals surface area contributed by atoms with Gasteiger partial charge in [-0.1, -0.05) is 24.3 Å². The van der Waals surface area contributed by atoms with E-state index < -0.39 is 0 Å². The largest absolute Gasteiger partial charge is 0.346 e. The van der Waals surface area contributed by atoms with Crippen LogP contribution >= 0.6 is 0 Å². The maximum atomic E-state index is 4.52. The van der Waals surface area contributed by atoms with Crippen LogP contribution in [-0.4, -0.2) is 20.3 Å². The number of fused-ring (bicyclic) bond motifs is 2. The van der Waals surface area contributed by atoms with Crippen molar-refractivity contribution < 1.29 is 4.52 Å². The minimum atomic E-state index is 0.950. The topological polar surface area (TPSA) is 64.7 Å². The van der Waals surface area contributed by atoms with Gasteiger partial charge in [0.25, 0.3) is 0 Å². The average Bonchev–Trinajstić information content (AvgIpc) is 3.04. The first kappa shape index (κ1) is 11.3. The first-order valence-corrected chi connectivity index (χ1v) is 5.76. The van der Waals surface area contributed by atoms with Crippen LogP contribution in [0.15, 0.2) is 65.5 Å². The third-order valence-electron chi connectivity index (χ3n) is 2.53. The van der Waals surface area contributed by atoms with Crippen molar-refractivity contribution in [2.45, 2.75) is 0 Å². The Kier molecular flexibility index (Phi) is 3.10.